The minimum atomic E-state index is -0.870. The van der Waals surface area contributed by atoms with Crippen molar-refractivity contribution >= 4 is 0 Å². The predicted molar refractivity (Wildman–Crippen MR) is 539 cm³/mol. The van der Waals surface area contributed by atoms with E-state index in [0.29, 0.717) is 57.8 Å². The maximum absolute atomic E-state index is 9.83. The number of rotatable bonds is 41. The molecule has 4 heterocycles. The third kappa shape index (κ3) is 58.8. The Morgan fingerprint density at radius 2 is 0.496 bits per heavy atom. The van der Waals surface area contributed by atoms with Gasteiger partial charge in [-0.15, -0.1) is 0 Å². The highest BCUT2D eigenvalue weighted by Gasteiger charge is 2.45. The minimum absolute atomic E-state index is 0.00422. The van der Waals surface area contributed by atoms with Gasteiger partial charge in [0.15, 0.2) is 23.1 Å². The van der Waals surface area contributed by atoms with Crippen LogP contribution in [0.3, 0.4) is 0 Å². The normalized spacial score (nSPS) is 24.3. The molecule has 10 rings (SSSR count). The molecule has 0 bridgehead atoms. The van der Waals surface area contributed by atoms with E-state index < -0.39 is 84.2 Å². The molecule has 0 aromatic rings. The van der Waals surface area contributed by atoms with Crippen LogP contribution in [-0.2, 0) is 37.9 Å². The molecule has 4 saturated heterocycles. The van der Waals surface area contributed by atoms with Crippen molar-refractivity contribution in [3.63, 3.8) is 0 Å². The summed E-state index contributed by atoms with van der Waals surface area (Å²) in [5.41, 5.74) is 0. The van der Waals surface area contributed by atoms with Crippen LogP contribution >= 0.6 is 0 Å². The molecule has 18 atom stereocenters. The van der Waals surface area contributed by atoms with E-state index in [1.54, 1.807) is 0 Å². The molecule has 0 spiro atoms. The summed E-state index contributed by atoms with van der Waals surface area (Å²) in [7, 11) is 0. The molecule has 18 heteroatoms. The second-order valence-electron chi connectivity index (χ2n) is 40.0. The van der Waals surface area contributed by atoms with Gasteiger partial charge in [0.1, 0.15) is 36.6 Å². The Morgan fingerprint density at radius 3 is 0.778 bits per heavy atom. The van der Waals surface area contributed by atoms with Crippen molar-refractivity contribution in [1.29, 1.82) is 0 Å². The largest absolute Gasteiger partial charge is 0.390 e. The topological polar surface area (TPSA) is 276 Å². The molecule has 18 nitrogen and oxygen atoms in total. The van der Waals surface area contributed by atoms with Crippen LogP contribution in [0.5, 0.6) is 0 Å². The van der Waals surface area contributed by atoms with Gasteiger partial charge < -0.3 is 89.0 Å². The lowest BCUT2D eigenvalue weighted by molar-refractivity contribution is -0.147. The zero-order chi connectivity index (χ0) is 98.5. The molecular formula is C117H172O18. The van der Waals surface area contributed by atoms with E-state index in [1.165, 1.54) is 204 Å². The van der Waals surface area contributed by atoms with Gasteiger partial charge >= 0.3 is 0 Å². The Morgan fingerprint density at radius 1 is 0.259 bits per heavy atom. The lowest BCUT2D eigenvalue weighted by Gasteiger charge is -2.25. The van der Waals surface area contributed by atoms with Gasteiger partial charge in [0.05, 0.1) is 73.2 Å². The van der Waals surface area contributed by atoms with E-state index in [9.17, 15) is 46.0 Å². The number of hydrogen-bond donors (Lipinski definition) is 10. The van der Waals surface area contributed by atoms with Gasteiger partial charge in [-0.3, -0.25) is 0 Å². The SMILES string of the molecule is C=C[C@@H](O)C#CC#CC[C@H]1OC(C)(C)O[C@@H]1CC1CCCCC1.C=C[C@@H](O)C#CC#CC[C@H]1OC(C)(C)O[C@@H]1CCCCC1CC1.C=C[C@H](O)C#CC#CC[C@@H](O)[C@H](O)CCCCCC1CC1.CC[C@@H](O)C#CC#CC[C@H]1OC(C)(C)O[C@@H]1CC1CCCCC1.CC[C@@H](O)C#CC#CC[C@H]1OC(C)(C)O[C@@H]1CCCCCC1CC1.CC[C@H](O)C#CC#CC[C@@H](O)[C@H](O)CCCCCC1CC1. The summed E-state index contributed by atoms with van der Waals surface area (Å²) < 4.78 is 48.3. The van der Waals surface area contributed by atoms with Crippen molar-refractivity contribution in [2.45, 2.75) is 517 Å². The molecule has 0 aromatic carbocycles. The predicted octanol–water partition coefficient (Wildman–Crippen LogP) is 18.8. The number of unbranched alkanes of at least 4 members (excludes halogenated alkanes) is 7. The van der Waals surface area contributed by atoms with Crippen LogP contribution in [0.25, 0.3) is 0 Å². The number of aliphatic hydroxyl groups excluding tert-OH is 10. The molecule has 10 N–H and O–H groups in total. The summed E-state index contributed by atoms with van der Waals surface area (Å²) in [6, 6.07) is 0. The van der Waals surface area contributed by atoms with Crippen LogP contribution in [0.4, 0.5) is 0 Å². The van der Waals surface area contributed by atoms with Gasteiger partial charge in [0, 0.05) is 38.5 Å². The minimum Gasteiger partial charge on any atom is -0.390 e. The van der Waals surface area contributed by atoms with Crippen molar-refractivity contribution in [2.24, 2.45) is 35.5 Å². The average Bonchev–Trinajstić information content (AvgIpc) is 1.69. The van der Waals surface area contributed by atoms with Gasteiger partial charge in [0.25, 0.3) is 0 Å². The average molecular weight is 1870 g/mol. The Bertz CT molecular complexity index is 4200. The molecule has 6 saturated carbocycles. The molecule has 10 aliphatic rings. The molecule has 0 unspecified atom stereocenters. The van der Waals surface area contributed by atoms with Crippen molar-refractivity contribution in [1.82, 2.24) is 0 Å². The van der Waals surface area contributed by atoms with Gasteiger partial charge in [-0.25, -0.2) is 0 Å². The van der Waals surface area contributed by atoms with Crippen LogP contribution in [0.1, 0.15) is 384 Å². The Kier molecular flexibility index (Phi) is 60.1. The first kappa shape index (κ1) is 119. The third-order valence-corrected chi connectivity index (χ3v) is 25.5. The van der Waals surface area contributed by atoms with Crippen LogP contribution in [0.15, 0.2) is 38.0 Å². The third-order valence-electron chi connectivity index (χ3n) is 25.5. The molecule has 0 amide bonds. The van der Waals surface area contributed by atoms with Gasteiger partial charge in [-0.05, 0) is 220 Å². The summed E-state index contributed by atoms with van der Waals surface area (Å²) in [5.74, 6) is 68.7. The maximum Gasteiger partial charge on any atom is 0.163 e. The summed E-state index contributed by atoms with van der Waals surface area (Å²) in [5, 5.41) is 94.7. The first-order chi connectivity index (χ1) is 64.8. The zero-order valence-corrected chi connectivity index (χ0v) is 84.4. The van der Waals surface area contributed by atoms with Gasteiger partial charge in [0.2, 0.25) is 0 Å². The summed E-state index contributed by atoms with van der Waals surface area (Å²) in [6.45, 7) is 31.7. The molecular weight excluding hydrogens is 1690 g/mol. The number of aliphatic hydroxyl groups is 10. The van der Waals surface area contributed by atoms with Gasteiger partial charge in [-0.1, -0.05) is 342 Å². The van der Waals surface area contributed by atoms with Crippen molar-refractivity contribution < 1.29 is 89.0 Å². The first-order valence-electron chi connectivity index (χ1n) is 51.8. The zero-order valence-electron chi connectivity index (χ0n) is 84.4. The highest BCUT2D eigenvalue weighted by atomic mass is 16.8. The highest BCUT2D eigenvalue weighted by molar-refractivity contribution is 5.32. The Balaban J connectivity index is 0.000000286. The summed E-state index contributed by atoms with van der Waals surface area (Å²) in [6.07, 6.45) is 50.6. The monoisotopic (exact) mass is 1870 g/mol. The molecule has 6 aliphatic carbocycles. The lowest BCUT2D eigenvalue weighted by Crippen LogP contribution is -2.26. The summed E-state index contributed by atoms with van der Waals surface area (Å²) >= 11 is 0. The molecule has 135 heavy (non-hydrogen) atoms. The van der Waals surface area contributed by atoms with Crippen molar-refractivity contribution in [3.05, 3.63) is 38.0 Å². The molecule has 4 aliphatic heterocycles. The van der Waals surface area contributed by atoms with E-state index in [-0.39, 0.29) is 61.7 Å². The quantitative estimate of drug-likeness (QED) is 0.0155. The second kappa shape index (κ2) is 68.3. The van der Waals surface area contributed by atoms with Crippen molar-refractivity contribution in [2.75, 3.05) is 0 Å². The Labute approximate surface area is 817 Å². The standard InChI is InChI=1S/C21H32O3.C20H30O3.2C20H28O3.C18H28O3.C18H26O3/c1-4-18(22)12-8-6-10-14-20-19(23-21(2,3)24-20)13-9-5-7-11-17-15-16-17;2*1-4-17(21)13-9-6-10-14-18-19(23-20(2,3)22-18)15-16-11-7-5-8-12-16;1-4-17(21)11-6-5-7-12-18-19(23-20(2,3)22-18)13-9-8-10-16-14-15-16;2*1-2-16(19)10-6-4-8-12-18(21)17(20)11-7-3-5-9-15-13-14-15/h17-20,22H,4-5,7,9,11,13-16H2,1-3H3;16-19,21H,4-5,7-8,11-12,14-15H2,1-3H3;4,16-19,21H,1,5,7-8,11-12,14-15H2,2-3H3;4,16-19,21H,1,8-10,12-15H2,2-3H3;15-21H,2-3,5,7,9,11-14H2,1H3;2,15-21H,1,3,5,7,9,11-14H2/t18-,19-,20-;3*17-,18-,19-;2*16-,17+,18+/m111100/s1. The number of ether oxygens (including phenoxy) is 8. The van der Waals surface area contributed by atoms with Crippen LogP contribution in [0, 0.1) is 178 Å². The van der Waals surface area contributed by atoms with E-state index in [0.717, 1.165) is 86.9 Å². The van der Waals surface area contributed by atoms with E-state index in [1.807, 2.05) is 76.2 Å². The number of hydrogen-bond acceptors (Lipinski definition) is 18. The molecule has 0 radical (unpaired) electrons. The maximum atomic E-state index is 9.83. The fraction of sp³-hybridized carbons (Fsp3) is 0.744. The highest BCUT2D eigenvalue weighted by Crippen LogP contribution is 2.42. The van der Waals surface area contributed by atoms with Crippen LogP contribution in [0.2, 0.25) is 0 Å². The van der Waals surface area contributed by atoms with E-state index in [4.69, 9.17) is 43.0 Å². The van der Waals surface area contributed by atoms with Crippen molar-refractivity contribution in [3.8, 4) is 142 Å². The van der Waals surface area contributed by atoms with E-state index in [2.05, 4.69) is 162 Å². The molecule has 0 aromatic heterocycles. The van der Waals surface area contributed by atoms with Gasteiger partial charge in [-0.2, -0.15) is 0 Å². The van der Waals surface area contributed by atoms with Crippen LogP contribution < -0.4 is 0 Å². The first-order valence-corrected chi connectivity index (χ1v) is 51.8. The lowest BCUT2D eigenvalue weighted by atomic mass is 9.84. The van der Waals surface area contributed by atoms with E-state index >= 15 is 0 Å². The smallest absolute Gasteiger partial charge is 0.163 e. The Hall–Kier alpha value is -6.78. The fourth-order valence-corrected chi connectivity index (χ4v) is 17.0. The second-order valence-corrected chi connectivity index (χ2v) is 40.0. The summed E-state index contributed by atoms with van der Waals surface area (Å²) in [4.78, 5) is 0. The molecule has 10 fully saturated rings. The fourth-order valence-electron chi connectivity index (χ4n) is 17.0. The van der Waals surface area contributed by atoms with Crippen LogP contribution in [-0.4, -0.2) is 184 Å². The molecule has 748 valence electrons.